The van der Waals surface area contributed by atoms with E-state index in [1.54, 1.807) is 0 Å². The lowest BCUT2D eigenvalue weighted by molar-refractivity contribution is 0.0951. The van der Waals surface area contributed by atoms with Gasteiger partial charge >= 0.3 is 0 Å². The van der Waals surface area contributed by atoms with Crippen molar-refractivity contribution in [3.05, 3.63) is 47.5 Å². The maximum Gasteiger partial charge on any atom is 0.252 e. The molecule has 5 rings (SSSR count). The van der Waals surface area contributed by atoms with Crippen LogP contribution in [0.4, 0.5) is 5.82 Å². The summed E-state index contributed by atoms with van der Waals surface area (Å²) in [7, 11) is 0. The molecule has 0 aromatic carbocycles. The van der Waals surface area contributed by atoms with Crippen LogP contribution in [0.5, 0.6) is 0 Å². The Morgan fingerprint density at radius 1 is 1.11 bits per heavy atom. The predicted octanol–water partition coefficient (Wildman–Crippen LogP) is 1.96. The highest BCUT2D eigenvalue weighted by Crippen LogP contribution is 2.29. The van der Waals surface area contributed by atoms with Gasteiger partial charge in [0.25, 0.3) is 5.91 Å². The number of carbonyl (C=O) groups excluding carboxylic acids is 1. The van der Waals surface area contributed by atoms with Gasteiger partial charge in [-0.25, -0.2) is 0 Å². The molecule has 2 fully saturated rings. The molecular formula is C20H23N7O. The summed E-state index contributed by atoms with van der Waals surface area (Å²) >= 11 is 0. The van der Waals surface area contributed by atoms with E-state index in [4.69, 9.17) is 0 Å². The zero-order valence-corrected chi connectivity index (χ0v) is 15.9. The number of fused-ring (bicyclic) bond motifs is 1. The summed E-state index contributed by atoms with van der Waals surface area (Å²) in [6.07, 6.45) is 5.27. The van der Waals surface area contributed by atoms with Gasteiger partial charge in [-0.3, -0.25) is 9.20 Å². The summed E-state index contributed by atoms with van der Waals surface area (Å²) in [4.78, 5) is 14.7. The molecule has 28 heavy (non-hydrogen) atoms. The van der Waals surface area contributed by atoms with Crippen LogP contribution in [-0.2, 0) is 0 Å². The smallest absolute Gasteiger partial charge is 0.252 e. The lowest BCUT2D eigenvalue weighted by atomic mass is 10.1. The van der Waals surface area contributed by atoms with E-state index in [-0.39, 0.29) is 11.8 Å². The van der Waals surface area contributed by atoms with Crippen LogP contribution in [0.15, 0.2) is 30.5 Å². The Balaban J connectivity index is 1.36. The molecule has 0 radical (unpaired) electrons. The lowest BCUT2D eigenvalue weighted by Gasteiger charge is -2.16. The van der Waals surface area contributed by atoms with Crippen molar-refractivity contribution in [1.82, 2.24) is 30.1 Å². The third kappa shape index (κ3) is 3.30. The van der Waals surface area contributed by atoms with Crippen LogP contribution in [0.2, 0.25) is 0 Å². The zero-order chi connectivity index (χ0) is 19.1. The monoisotopic (exact) mass is 377 g/mol. The van der Waals surface area contributed by atoms with Crippen molar-refractivity contribution < 1.29 is 4.79 Å². The zero-order valence-electron chi connectivity index (χ0n) is 15.9. The Morgan fingerprint density at radius 3 is 2.79 bits per heavy atom. The summed E-state index contributed by atoms with van der Waals surface area (Å²) in [5, 5.41) is 20.2. The van der Waals surface area contributed by atoms with E-state index >= 15 is 0 Å². The van der Waals surface area contributed by atoms with Crippen LogP contribution in [0.25, 0.3) is 5.65 Å². The number of rotatable bonds is 5. The van der Waals surface area contributed by atoms with Crippen molar-refractivity contribution in [2.45, 2.75) is 32.1 Å². The van der Waals surface area contributed by atoms with Crippen LogP contribution >= 0.6 is 0 Å². The molecule has 4 heterocycles. The minimum atomic E-state index is -0.0311. The first-order valence-corrected chi connectivity index (χ1v) is 9.85. The van der Waals surface area contributed by atoms with E-state index in [0.717, 1.165) is 49.0 Å². The standard InChI is InChI=1S/C20H23N7O/c1-13-2-6-17(23-22-13)26-9-8-15(11-26)19-25-24-18-7-5-16(12-27(18)19)20(28)21-10-14-3-4-14/h2,5-7,12,14-15H,3-4,8-11H2,1H3,(H,21,28)/t15-/m1/s1. The van der Waals surface area contributed by atoms with Gasteiger partial charge in [0.1, 0.15) is 5.82 Å². The van der Waals surface area contributed by atoms with Crippen molar-refractivity contribution in [3.63, 3.8) is 0 Å². The van der Waals surface area contributed by atoms with Crippen LogP contribution in [0, 0.1) is 12.8 Å². The fourth-order valence-corrected chi connectivity index (χ4v) is 3.72. The highest BCUT2D eigenvalue weighted by molar-refractivity contribution is 5.94. The molecule has 3 aromatic heterocycles. The molecular weight excluding hydrogens is 354 g/mol. The first kappa shape index (κ1) is 17.1. The molecule has 1 atom stereocenters. The molecule has 1 N–H and O–H groups in total. The second-order valence-corrected chi connectivity index (χ2v) is 7.82. The summed E-state index contributed by atoms with van der Waals surface area (Å²) in [6.45, 7) is 4.42. The molecule has 1 saturated heterocycles. The maximum atomic E-state index is 12.5. The normalized spacial score (nSPS) is 19.3. The summed E-state index contributed by atoms with van der Waals surface area (Å²) in [5.41, 5.74) is 2.33. The topological polar surface area (TPSA) is 88.3 Å². The van der Waals surface area contributed by atoms with Gasteiger partial charge in [0.2, 0.25) is 0 Å². The molecule has 1 aliphatic carbocycles. The number of pyridine rings is 1. The molecule has 0 unspecified atom stereocenters. The Labute approximate surface area is 163 Å². The number of carbonyl (C=O) groups is 1. The first-order valence-electron chi connectivity index (χ1n) is 9.85. The third-order valence-corrected chi connectivity index (χ3v) is 5.60. The Hall–Kier alpha value is -3.03. The van der Waals surface area contributed by atoms with Crippen molar-refractivity contribution in [2.75, 3.05) is 24.5 Å². The van der Waals surface area contributed by atoms with Gasteiger partial charge in [-0.2, -0.15) is 5.10 Å². The average Bonchev–Trinajstić information content (AvgIpc) is 3.25. The van der Waals surface area contributed by atoms with E-state index in [0.29, 0.717) is 11.5 Å². The largest absolute Gasteiger partial charge is 0.354 e. The van der Waals surface area contributed by atoms with E-state index in [1.807, 2.05) is 41.8 Å². The Morgan fingerprint density at radius 2 is 2.00 bits per heavy atom. The number of hydrogen-bond donors (Lipinski definition) is 1. The van der Waals surface area contributed by atoms with Crippen molar-refractivity contribution in [1.29, 1.82) is 0 Å². The second kappa shape index (κ2) is 6.85. The van der Waals surface area contributed by atoms with Crippen LogP contribution < -0.4 is 10.2 Å². The number of hydrogen-bond acceptors (Lipinski definition) is 6. The van der Waals surface area contributed by atoms with Gasteiger partial charge in [-0.1, -0.05) is 0 Å². The Bertz CT molecular complexity index is 1010. The molecule has 0 spiro atoms. The quantitative estimate of drug-likeness (QED) is 0.731. The van der Waals surface area contributed by atoms with Gasteiger partial charge < -0.3 is 10.2 Å². The number of aryl methyl sites for hydroxylation is 1. The maximum absolute atomic E-state index is 12.5. The highest BCUT2D eigenvalue weighted by Gasteiger charge is 2.29. The predicted molar refractivity (Wildman–Crippen MR) is 104 cm³/mol. The fraction of sp³-hybridized carbons (Fsp3) is 0.450. The average molecular weight is 377 g/mol. The fourth-order valence-electron chi connectivity index (χ4n) is 3.72. The van der Waals surface area contributed by atoms with E-state index in [1.165, 1.54) is 12.8 Å². The minimum absolute atomic E-state index is 0.0311. The van der Waals surface area contributed by atoms with Crippen LogP contribution in [-0.4, -0.2) is 50.3 Å². The van der Waals surface area contributed by atoms with Gasteiger partial charge in [-0.05, 0) is 56.4 Å². The third-order valence-electron chi connectivity index (χ3n) is 5.60. The molecule has 8 heteroatoms. The molecule has 1 saturated carbocycles. The van der Waals surface area contributed by atoms with E-state index in [2.05, 4.69) is 30.6 Å². The minimum Gasteiger partial charge on any atom is -0.354 e. The highest BCUT2D eigenvalue weighted by atomic mass is 16.1. The molecule has 3 aromatic rings. The SMILES string of the molecule is Cc1ccc(N2CC[C@@H](c3nnc4ccc(C(=O)NCC5CC5)cn34)C2)nn1. The Kier molecular flexibility index (Phi) is 4.18. The van der Waals surface area contributed by atoms with Gasteiger partial charge in [0, 0.05) is 31.7 Å². The van der Waals surface area contributed by atoms with E-state index < -0.39 is 0 Å². The van der Waals surface area contributed by atoms with Crippen molar-refractivity contribution in [2.24, 2.45) is 5.92 Å². The lowest BCUT2D eigenvalue weighted by Crippen LogP contribution is -2.25. The first-order chi connectivity index (χ1) is 13.7. The molecule has 2 aliphatic rings. The second-order valence-electron chi connectivity index (χ2n) is 7.82. The molecule has 1 amide bonds. The molecule has 1 aliphatic heterocycles. The summed E-state index contributed by atoms with van der Waals surface area (Å²) in [5.74, 6) is 2.66. The summed E-state index contributed by atoms with van der Waals surface area (Å²) in [6, 6.07) is 7.67. The number of amides is 1. The van der Waals surface area contributed by atoms with Crippen LogP contribution in [0.3, 0.4) is 0 Å². The van der Waals surface area contributed by atoms with Gasteiger partial charge in [0.05, 0.1) is 11.3 Å². The number of nitrogens with zero attached hydrogens (tertiary/aromatic N) is 6. The van der Waals surface area contributed by atoms with Crippen molar-refractivity contribution in [3.8, 4) is 0 Å². The van der Waals surface area contributed by atoms with Crippen molar-refractivity contribution >= 4 is 17.4 Å². The number of anilines is 1. The number of aromatic nitrogens is 5. The van der Waals surface area contributed by atoms with Gasteiger partial charge in [-0.15, -0.1) is 15.3 Å². The number of nitrogens with one attached hydrogen (secondary N) is 1. The molecule has 0 bridgehead atoms. The van der Waals surface area contributed by atoms with Gasteiger partial charge in [0.15, 0.2) is 11.5 Å². The van der Waals surface area contributed by atoms with Crippen LogP contribution in [0.1, 0.15) is 47.1 Å². The van der Waals surface area contributed by atoms with E-state index in [9.17, 15) is 4.79 Å². The molecule has 144 valence electrons. The summed E-state index contributed by atoms with van der Waals surface area (Å²) < 4.78 is 1.96. The molecule has 8 nitrogen and oxygen atoms in total.